The second-order valence-electron chi connectivity index (χ2n) is 6.58. The number of aromatic nitrogens is 2. The van der Waals surface area contributed by atoms with Gasteiger partial charge in [-0.05, 0) is 23.8 Å². The second kappa shape index (κ2) is 9.25. The lowest BCUT2D eigenvalue weighted by atomic mass is 9.75. The van der Waals surface area contributed by atoms with Gasteiger partial charge in [0.1, 0.15) is 0 Å². The first kappa shape index (κ1) is 17.3. The molecule has 0 atom stereocenters. The Morgan fingerprint density at radius 3 is 1.95 bits per heavy atom. The van der Waals surface area contributed by atoms with E-state index in [1.54, 1.807) is 0 Å². The molecule has 0 amide bonds. The van der Waals surface area contributed by atoms with Gasteiger partial charge in [-0.2, -0.15) is 5.10 Å². The molecular formula is C17H33BN2. The molecule has 0 saturated heterocycles. The molecule has 0 aliphatic rings. The Bertz CT molecular complexity index is 348. The first-order valence-electron chi connectivity index (χ1n) is 8.61. The van der Waals surface area contributed by atoms with E-state index in [2.05, 4.69) is 38.3 Å². The smallest absolute Gasteiger partial charge is 0.248 e. The van der Waals surface area contributed by atoms with Gasteiger partial charge in [-0.15, -0.1) is 0 Å². The number of unbranched alkanes of at least 4 members (excludes halogenated alkanes) is 6. The monoisotopic (exact) mass is 276 g/mol. The van der Waals surface area contributed by atoms with Crippen LogP contribution in [-0.2, 0) is 5.41 Å². The zero-order chi connectivity index (χ0) is 14.8. The van der Waals surface area contributed by atoms with Crippen LogP contribution in [0.5, 0.6) is 0 Å². The SMILES string of the molecule is Bn1cc(C(C)(CCCCCC)CCCCCC)cn1. The van der Waals surface area contributed by atoms with E-state index in [4.69, 9.17) is 0 Å². The average molecular weight is 276 g/mol. The summed E-state index contributed by atoms with van der Waals surface area (Å²) >= 11 is 0. The summed E-state index contributed by atoms with van der Waals surface area (Å²) in [5.41, 5.74) is 1.77. The lowest BCUT2D eigenvalue weighted by Crippen LogP contribution is -2.21. The van der Waals surface area contributed by atoms with Gasteiger partial charge in [0.2, 0.25) is 7.98 Å². The van der Waals surface area contributed by atoms with Crippen LogP contribution in [0.25, 0.3) is 0 Å². The number of hydrogen-bond donors (Lipinski definition) is 0. The maximum Gasteiger partial charge on any atom is 0.248 e. The Kier molecular flexibility index (Phi) is 8.02. The molecule has 0 bridgehead atoms. The van der Waals surface area contributed by atoms with Crippen LogP contribution < -0.4 is 0 Å². The fourth-order valence-electron chi connectivity index (χ4n) is 3.03. The van der Waals surface area contributed by atoms with Crippen LogP contribution in [0.4, 0.5) is 0 Å². The minimum absolute atomic E-state index is 0.329. The molecule has 114 valence electrons. The molecule has 0 aliphatic carbocycles. The molecule has 0 saturated carbocycles. The zero-order valence-corrected chi connectivity index (χ0v) is 14.1. The summed E-state index contributed by atoms with van der Waals surface area (Å²) in [4.78, 5) is 0. The predicted molar refractivity (Wildman–Crippen MR) is 91.0 cm³/mol. The van der Waals surface area contributed by atoms with Gasteiger partial charge in [-0.3, -0.25) is 0 Å². The molecule has 0 unspecified atom stereocenters. The normalized spacial score (nSPS) is 11.9. The van der Waals surface area contributed by atoms with Crippen molar-refractivity contribution in [3.8, 4) is 0 Å². The number of rotatable bonds is 11. The van der Waals surface area contributed by atoms with Gasteiger partial charge in [0.05, 0.1) is 6.20 Å². The molecule has 20 heavy (non-hydrogen) atoms. The summed E-state index contributed by atoms with van der Waals surface area (Å²) in [6.07, 6.45) is 17.8. The standard InChI is InChI=1S/C17H33BN2/c1-4-6-8-10-12-17(3,13-11-9-7-5-2)16-14-19-20(18)15-16/h14-15H,4-13,18H2,1-3H3. The molecule has 0 spiro atoms. The summed E-state index contributed by atoms with van der Waals surface area (Å²) in [6, 6.07) is 0. The first-order chi connectivity index (χ1) is 9.62. The highest BCUT2D eigenvalue weighted by Crippen LogP contribution is 2.35. The lowest BCUT2D eigenvalue weighted by Gasteiger charge is -2.29. The van der Waals surface area contributed by atoms with Gasteiger partial charge >= 0.3 is 0 Å². The number of nitrogens with zero attached hydrogens (tertiary/aromatic N) is 2. The minimum Gasteiger partial charge on any atom is -0.326 e. The summed E-state index contributed by atoms with van der Waals surface area (Å²) in [6.45, 7) is 7.01. The molecule has 1 aromatic rings. The highest BCUT2D eigenvalue weighted by molar-refractivity contribution is 6.05. The third-order valence-corrected chi connectivity index (χ3v) is 4.57. The molecule has 1 aromatic heterocycles. The van der Waals surface area contributed by atoms with Crippen molar-refractivity contribution in [2.24, 2.45) is 0 Å². The van der Waals surface area contributed by atoms with E-state index >= 15 is 0 Å². The molecule has 2 nitrogen and oxygen atoms in total. The van der Waals surface area contributed by atoms with Crippen molar-refractivity contribution < 1.29 is 0 Å². The van der Waals surface area contributed by atoms with Gasteiger partial charge in [0, 0.05) is 6.20 Å². The summed E-state index contributed by atoms with van der Waals surface area (Å²) in [7, 11) is 2.03. The molecule has 0 radical (unpaired) electrons. The Morgan fingerprint density at radius 2 is 1.55 bits per heavy atom. The van der Waals surface area contributed by atoms with Gasteiger partial charge in [0.25, 0.3) is 0 Å². The molecule has 1 rings (SSSR count). The van der Waals surface area contributed by atoms with Crippen molar-refractivity contribution in [1.29, 1.82) is 0 Å². The number of hydrogen-bond acceptors (Lipinski definition) is 1. The highest BCUT2D eigenvalue weighted by Gasteiger charge is 2.26. The van der Waals surface area contributed by atoms with Crippen molar-refractivity contribution in [1.82, 2.24) is 9.69 Å². The largest absolute Gasteiger partial charge is 0.326 e. The summed E-state index contributed by atoms with van der Waals surface area (Å²) in [5.74, 6) is 0. The quantitative estimate of drug-likeness (QED) is 0.430. The van der Waals surface area contributed by atoms with Crippen LogP contribution >= 0.6 is 0 Å². The predicted octanol–water partition coefficient (Wildman–Crippen LogP) is 4.48. The zero-order valence-electron chi connectivity index (χ0n) is 14.1. The molecule has 1 heterocycles. The maximum atomic E-state index is 4.39. The van der Waals surface area contributed by atoms with Gasteiger partial charge in [-0.1, -0.05) is 72.1 Å². The Hall–Kier alpha value is -0.725. The molecule has 0 aliphatic heterocycles. The summed E-state index contributed by atoms with van der Waals surface area (Å²) in [5, 5.41) is 4.39. The van der Waals surface area contributed by atoms with Crippen molar-refractivity contribution in [3.63, 3.8) is 0 Å². The lowest BCUT2D eigenvalue weighted by molar-refractivity contribution is 0.364. The van der Waals surface area contributed by atoms with E-state index in [1.807, 2.05) is 12.6 Å². The van der Waals surface area contributed by atoms with Crippen molar-refractivity contribution in [2.45, 2.75) is 90.4 Å². The first-order valence-corrected chi connectivity index (χ1v) is 8.61. The van der Waals surface area contributed by atoms with Crippen molar-refractivity contribution in [2.75, 3.05) is 0 Å². The van der Waals surface area contributed by atoms with Crippen LogP contribution in [0.15, 0.2) is 12.4 Å². The van der Waals surface area contributed by atoms with E-state index in [1.165, 1.54) is 69.8 Å². The van der Waals surface area contributed by atoms with Gasteiger partial charge in [0.15, 0.2) is 0 Å². The van der Waals surface area contributed by atoms with Crippen LogP contribution in [0.3, 0.4) is 0 Å². The van der Waals surface area contributed by atoms with E-state index in [-0.39, 0.29) is 0 Å². The van der Waals surface area contributed by atoms with E-state index < -0.39 is 0 Å². The van der Waals surface area contributed by atoms with Gasteiger partial charge in [-0.25, -0.2) is 0 Å². The average Bonchev–Trinajstić information content (AvgIpc) is 2.87. The molecule has 0 N–H and O–H groups in total. The van der Waals surface area contributed by atoms with E-state index in [0.29, 0.717) is 5.41 Å². The highest BCUT2D eigenvalue weighted by atomic mass is 15.2. The second-order valence-corrected chi connectivity index (χ2v) is 6.58. The summed E-state index contributed by atoms with van der Waals surface area (Å²) < 4.78 is 1.95. The van der Waals surface area contributed by atoms with Crippen molar-refractivity contribution in [3.05, 3.63) is 18.0 Å². The fraction of sp³-hybridized carbons (Fsp3) is 0.824. The minimum atomic E-state index is 0.329. The Labute approximate surface area is 126 Å². The molecular weight excluding hydrogens is 243 g/mol. The van der Waals surface area contributed by atoms with Crippen LogP contribution in [-0.4, -0.2) is 17.7 Å². The van der Waals surface area contributed by atoms with Crippen LogP contribution in [0.1, 0.15) is 90.5 Å². The maximum absolute atomic E-state index is 4.39. The topological polar surface area (TPSA) is 17.8 Å². The Morgan fingerprint density at radius 1 is 1.00 bits per heavy atom. The molecule has 0 aromatic carbocycles. The van der Waals surface area contributed by atoms with E-state index in [9.17, 15) is 0 Å². The molecule has 3 heteroatoms. The van der Waals surface area contributed by atoms with Crippen LogP contribution in [0, 0.1) is 0 Å². The fourth-order valence-corrected chi connectivity index (χ4v) is 3.03. The van der Waals surface area contributed by atoms with Crippen molar-refractivity contribution >= 4 is 7.98 Å². The van der Waals surface area contributed by atoms with Gasteiger partial charge < -0.3 is 4.59 Å². The van der Waals surface area contributed by atoms with E-state index in [0.717, 1.165) is 0 Å². The molecule has 0 fully saturated rings. The third kappa shape index (κ3) is 5.72. The Balaban J connectivity index is 2.57. The van der Waals surface area contributed by atoms with Crippen LogP contribution in [0.2, 0.25) is 0 Å². The third-order valence-electron chi connectivity index (χ3n) is 4.57.